The molecule has 0 aliphatic rings. The van der Waals surface area contributed by atoms with E-state index < -0.39 is 9.60 Å². The highest BCUT2D eigenvalue weighted by Crippen LogP contribution is 1.98. The maximum Gasteiger partial charge on any atom is 0.302 e. The molecule has 0 aliphatic heterocycles. The Morgan fingerprint density at radius 3 is 2.00 bits per heavy atom. The Bertz CT molecular complexity index is 85.8. The summed E-state index contributed by atoms with van der Waals surface area (Å²) in [6.07, 6.45) is 0. The van der Waals surface area contributed by atoms with Gasteiger partial charge in [0.05, 0.1) is 6.61 Å². The van der Waals surface area contributed by atoms with Gasteiger partial charge in [-0.15, -0.1) is 0 Å². The molecule has 0 saturated heterocycles. The maximum absolute atomic E-state index is 9.82. The van der Waals surface area contributed by atoms with Crippen LogP contribution in [0.1, 0.15) is 13.8 Å². The molecule has 0 bridgehead atoms. The van der Waals surface area contributed by atoms with Crippen LogP contribution in [0.15, 0.2) is 0 Å². The number of halogens is 2. The third kappa shape index (κ3) is 40.1. The van der Waals surface area contributed by atoms with Gasteiger partial charge < -0.3 is 9.29 Å². The first kappa shape index (κ1) is 13.0. The van der Waals surface area contributed by atoms with Gasteiger partial charge in [0.25, 0.3) is 0 Å². The molecule has 6 heteroatoms. The highest BCUT2D eigenvalue weighted by atomic mass is 36.0. The largest absolute Gasteiger partial charge is 0.582 e. The fourth-order valence-electron chi connectivity index (χ4n) is 0.203. The number of hydrogen-bond acceptors (Lipinski definition) is 3. The molecule has 0 radical (unpaired) electrons. The summed E-state index contributed by atoms with van der Waals surface area (Å²) in [5.41, 5.74) is 0. The van der Waals surface area contributed by atoms with Gasteiger partial charge in [0.15, 0.2) is 31.0 Å². The number of carbonyl (C=O) groups excluding carboxylic acids is 1. The molecular formula is C4H8Cl2O3S. The second-order valence-corrected chi connectivity index (χ2v) is 3.63. The summed E-state index contributed by atoms with van der Waals surface area (Å²) in [6, 6.07) is 0. The standard InChI is InChI=1S/C4H8O2.Cl2OS/c1-3-6-4(2)5;1-4(2)3/h3H2,1-2H3;. The minimum Gasteiger partial charge on any atom is -0.582 e. The number of esters is 1. The van der Waals surface area contributed by atoms with Gasteiger partial charge >= 0.3 is 5.97 Å². The van der Waals surface area contributed by atoms with Crippen molar-refractivity contribution in [3.05, 3.63) is 0 Å². The van der Waals surface area contributed by atoms with Crippen molar-refractivity contribution in [2.45, 2.75) is 13.8 Å². The number of rotatable bonds is 1. The Labute approximate surface area is 71.8 Å². The highest BCUT2D eigenvalue weighted by molar-refractivity contribution is 8.31. The van der Waals surface area contributed by atoms with Gasteiger partial charge in [0.1, 0.15) is 0 Å². The lowest BCUT2D eigenvalue weighted by Gasteiger charge is -1.89. The molecular weight excluding hydrogens is 199 g/mol. The summed E-state index contributed by atoms with van der Waals surface area (Å²) in [7, 11) is 7.36. The minimum absolute atomic E-state index is 0.211. The molecule has 0 aromatic heterocycles. The lowest BCUT2D eigenvalue weighted by molar-refractivity contribution is -0.140. The average Bonchev–Trinajstić information content (AvgIpc) is 1.62. The van der Waals surface area contributed by atoms with Crippen LogP contribution >= 0.6 is 21.4 Å². The van der Waals surface area contributed by atoms with Crippen LogP contribution < -0.4 is 0 Å². The normalized spacial score (nSPS) is 8.20. The lowest BCUT2D eigenvalue weighted by Crippen LogP contribution is -1.95. The Hall–Kier alpha value is 0.360. The van der Waals surface area contributed by atoms with Crippen LogP contribution in [0, 0.1) is 0 Å². The fourth-order valence-corrected chi connectivity index (χ4v) is 0.203. The Morgan fingerprint density at radius 1 is 1.70 bits per heavy atom. The Balaban J connectivity index is 0. The first-order valence-electron chi connectivity index (χ1n) is 2.38. The van der Waals surface area contributed by atoms with E-state index in [2.05, 4.69) is 26.1 Å². The van der Waals surface area contributed by atoms with Gasteiger partial charge in [0.2, 0.25) is 0 Å². The molecule has 0 aliphatic carbocycles. The summed E-state index contributed by atoms with van der Waals surface area (Å²) in [5.74, 6) is -0.211. The number of carbonyl (C=O) groups is 1. The monoisotopic (exact) mass is 206 g/mol. The Kier molecular flexibility index (Phi) is 12.2. The van der Waals surface area contributed by atoms with Crippen LogP contribution in [-0.4, -0.2) is 17.1 Å². The van der Waals surface area contributed by atoms with E-state index in [0.29, 0.717) is 6.61 Å². The van der Waals surface area contributed by atoms with Crippen molar-refractivity contribution < 1.29 is 14.1 Å². The van der Waals surface area contributed by atoms with Crippen molar-refractivity contribution in [3.63, 3.8) is 0 Å². The molecule has 0 N–H and O–H groups in total. The van der Waals surface area contributed by atoms with Crippen LogP contribution in [0.3, 0.4) is 0 Å². The summed E-state index contributed by atoms with van der Waals surface area (Å²) in [4.78, 5) is 9.82. The van der Waals surface area contributed by atoms with E-state index in [1.807, 2.05) is 0 Å². The maximum atomic E-state index is 9.82. The minimum atomic E-state index is -1.67. The molecule has 0 aromatic rings. The van der Waals surface area contributed by atoms with Gasteiger partial charge in [-0.1, -0.05) is 0 Å². The predicted octanol–water partition coefficient (Wildman–Crippen LogP) is 1.61. The van der Waals surface area contributed by atoms with Gasteiger partial charge in [0, 0.05) is 6.92 Å². The summed E-state index contributed by atoms with van der Waals surface area (Å²) in [5, 5.41) is 0. The molecule has 0 saturated carbocycles. The molecule has 0 spiro atoms. The van der Waals surface area contributed by atoms with Crippen LogP contribution in [-0.2, 0) is 19.1 Å². The van der Waals surface area contributed by atoms with Gasteiger partial charge in [-0.05, 0) is 6.92 Å². The Morgan fingerprint density at radius 2 is 2.00 bits per heavy atom. The number of hydrogen-bond donors (Lipinski definition) is 0. The SMILES string of the molecule is CCOC(C)=O.[O-][S+](Cl)Cl. The molecule has 62 valence electrons. The molecule has 0 atom stereocenters. The topological polar surface area (TPSA) is 49.4 Å². The smallest absolute Gasteiger partial charge is 0.302 e. The van der Waals surface area contributed by atoms with E-state index in [1.54, 1.807) is 6.92 Å². The molecule has 0 amide bonds. The van der Waals surface area contributed by atoms with E-state index in [4.69, 9.17) is 4.55 Å². The van der Waals surface area contributed by atoms with Crippen molar-refractivity contribution in [1.29, 1.82) is 0 Å². The van der Waals surface area contributed by atoms with E-state index in [0.717, 1.165) is 0 Å². The second-order valence-electron chi connectivity index (χ2n) is 1.11. The molecule has 0 heterocycles. The predicted molar refractivity (Wildman–Crippen MR) is 42.2 cm³/mol. The number of ether oxygens (including phenoxy) is 1. The van der Waals surface area contributed by atoms with Crippen molar-refractivity contribution in [2.24, 2.45) is 0 Å². The summed E-state index contributed by atoms with van der Waals surface area (Å²) < 4.78 is 13.5. The van der Waals surface area contributed by atoms with E-state index in [-0.39, 0.29) is 5.97 Å². The lowest BCUT2D eigenvalue weighted by atomic mass is 10.8. The van der Waals surface area contributed by atoms with E-state index in [9.17, 15) is 4.79 Å². The van der Waals surface area contributed by atoms with Gasteiger partial charge in [-0.2, -0.15) is 0 Å². The molecule has 10 heavy (non-hydrogen) atoms. The zero-order valence-corrected chi connectivity index (χ0v) is 7.92. The van der Waals surface area contributed by atoms with Crippen molar-refractivity contribution in [3.8, 4) is 0 Å². The zero-order chi connectivity index (χ0) is 8.57. The first-order chi connectivity index (χ1) is 4.50. The quantitative estimate of drug-likeness (QED) is 0.484. The van der Waals surface area contributed by atoms with Crippen LogP contribution in [0.4, 0.5) is 0 Å². The van der Waals surface area contributed by atoms with Gasteiger partial charge in [-0.25, -0.2) is 0 Å². The van der Waals surface area contributed by atoms with Crippen molar-refractivity contribution in [1.82, 2.24) is 0 Å². The fraction of sp³-hybridized carbons (Fsp3) is 0.750. The third-order valence-electron chi connectivity index (χ3n) is 0.348. The second kappa shape index (κ2) is 9.36. The molecule has 3 nitrogen and oxygen atoms in total. The first-order valence-corrected chi connectivity index (χ1v) is 5.18. The van der Waals surface area contributed by atoms with E-state index in [1.165, 1.54) is 6.92 Å². The molecule has 0 aromatic carbocycles. The van der Waals surface area contributed by atoms with E-state index >= 15 is 0 Å². The van der Waals surface area contributed by atoms with Crippen molar-refractivity contribution >= 4 is 36.9 Å². The average molecular weight is 207 g/mol. The summed E-state index contributed by atoms with van der Waals surface area (Å²) in [6.45, 7) is 3.65. The van der Waals surface area contributed by atoms with Gasteiger partial charge in [-0.3, -0.25) is 4.79 Å². The molecule has 0 fully saturated rings. The molecule has 0 unspecified atom stereocenters. The van der Waals surface area contributed by atoms with Crippen LogP contribution in [0.2, 0.25) is 0 Å². The third-order valence-corrected chi connectivity index (χ3v) is 0.348. The molecule has 0 rings (SSSR count). The zero-order valence-electron chi connectivity index (χ0n) is 5.60. The van der Waals surface area contributed by atoms with Crippen molar-refractivity contribution in [2.75, 3.05) is 6.61 Å². The summed E-state index contributed by atoms with van der Waals surface area (Å²) >= 11 is 0. The highest BCUT2D eigenvalue weighted by Gasteiger charge is 1.83. The van der Waals surface area contributed by atoms with Crippen LogP contribution in [0.5, 0.6) is 0 Å². The van der Waals surface area contributed by atoms with Crippen LogP contribution in [0.25, 0.3) is 0 Å².